The first-order chi connectivity index (χ1) is 14.5. The topological polar surface area (TPSA) is 67.9 Å². The van der Waals surface area contributed by atoms with Crippen LogP contribution in [0, 0.1) is 5.92 Å². The Hall–Kier alpha value is -3.02. The van der Waals surface area contributed by atoms with Gasteiger partial charge in [0.1, 0.15) is 11.5 Å². The SMILES string of the molecule is CCC(NC(=O)C1CC(=O)N(CCc2ccc(OC)cc2)C1)c1ccc(OC)cc1. The zero-order valence-electron chi connectivity index (χ0n) is 17.9. The van der Waals surface area contributed by atoms with Gasteiger partial charge in [0.05, 0.1) is 26.2 Å². The van der Waals surface area contributed by atoms with E-state index < -0.39 is 0 Å². The van der Waals surface area contributed by atoms with Crippen LogP contribution in [0.25, 0.3) is 0 Å². The number of nitrogens with zero attached hydrogens (tertiary/aromatic N) is 1. The van der Waals surface area contributed by atoms with E-state index in [4.69, 9.17) is 9.47 Å². The molecular formula is C24H30N2O4. The number of likely N-dealkylation sites (tertiary alicyclic amines) is 1. The molecule has 0 aliphatic carbocycles. The molecule has 3 rings (SSSR count). The second-order valence-electron chi connectivity index (χ2n) is 7.58. The maximum absolute atomic E-state index is 12.8. The zero-order chi connectivity index (χ0) is 21.5. The van der Waals surface area contributed by atoms with Gasteiger partial charge in [-0.05, 0) is 48.2 Å². The highest BCUT2D eigenvalue weighted by atomic mass is 16.5. The van der Waals surface area contributed by atoms with Crippen LogP contribution in [0.3, 0.4) is 0 Å². The predicted molar refractivity (Wildman–Crippen MR) is 116 cm³/mol. The summed E-state index contributed by atoms with van der Waals surface area (Å²) in [6.45, 7) is 3.13. The van der Waals surface area contributed by atoms with Crippen molar-refractivity contribution in [2.75, 3.05) is 27.3 Å². The number of methoxy groups -OCH3 is 2. The molecular weight excluding hydrogens is 380 g/mol. The lowest BCUT2D eigenvalue weighted by Crippen LogP contribution is -2.35. The molecule has 0 bridgehead atoms. The van der Waals surface area contributed by atoms with E-state index in [-0.39, 0.29) is 30.2 Å². The van der Waals surface area contributed by atoms with Gasteiger partial charge in [0.15, 0.2) is 0 Å². The lowest BCUT2D eigenvalue weighted by Gasteiger charge is -2.21. The molecule has 0 spiro atoms. The van der Waals surface area contributed by atoms with Crippen LogP contribution in [0.5, 0.6) is 11.5 Å². The Bertz CT molecular complexity index is 849. The van der Waals surface area contributed by atoms with E-state index in [2.05, 4.69) is 5.32 Å². The molecule has 0 radical (unpaired) electrons. The van der Waals surface area contributed by atoms with Crippen LogP contribution in [0.15, 0.2) is 48.5 Å². The molecule has 6 nitrogen and oxygen atoms in total. The molecule has 0 aromatic heterocycles. The minimum Gasteiger partial charge on any atom is -0.497 e. The van der Waals surface area contributed by atoms with Crippen LogP contribution in [0.1, 0.15) is 36.9 Å². The molecule has 160 valence electrons. The average Bonchev–Trinajstić information content (AvgIpc) is 3.17. The summed E-state index contributed by atoms with van der Waals surface area (Å²) in [5, 5.41) is 3.12. The Morgan fingerprint density at radius 2 is 1.67 bits per heavy atom. The molecule has 2 aromatic rings. The van der Waals surface area contributed by atoms with Gasteiger partial charge in [-0.2, -0.15) is 0 Å². The number of carbonyl (C=O) groups is 2. The molecule has 2 aromatic carbocycles. The van der Waals surface area contributed by atoms with E-state index in [1.165, 1.54) is 0 Å². The fourth-order valence-corrected chi connectivity index (χ4v) is 3.77. The van der Waals surface area contributed by atoms with Crippen molar-refractivity contribution in [3.8, 4) is 11.5 Å². The number of carbonyl (C=O) groups excluding carboxylic acids is 2. The van der Waals surface area contributed by atoms with Crippen LogP contribution in [0.4, 0.5) is 0 Å². The number of benzene rings is 2. The van der Waals surface area contributed by atoms with Gasteiger partial charge >= 0.3 is 0 Å². The summed E-state index contributed by atoms with van der Waals surface area (Å²) in [6, 6.07) is 15.5. The van der Waals surface area contributed by atoms with Crippen LogP contribution < -0.4 is 14.8 Å². The van der Waals surface area contributed by atoms with Crippen molar-refractivity contribution in [3.05, 3.63) is 59.7 Å². The summed E-state index contributed by atoms with van der Waals surface area (Å²) in [5.41, 5.74) is 2.18. The molecule has 2 amide bonds. The van der Waals surface area contributed by atoms with E-state index in [1.807, 2.05) is 55.5 Å². The summed E-state index contributed by atoms with van der Waals surface area (Å²) >= 11 is 0. The third-order valence-electron chi connectivity index (χ3n) is 5.66. The van der Waals surface area contributed by atoms with Gasteiger partial charge in [-0.3, -0.25) is 9.59 Å². The van der Waals surface area contributed by atoms with Gasteiger partial charge in [0, 0.05) is 19.5 Å². The highest BCUT2D eigenvalue weighted by Crippen LogP contribution is 2.23. The minimum absolute atomic E-state index is 0.0427. The highest BCUT2D eigenvalue weighted by molar-refractivity contribution is 5.89. The summed E-state index contributed by atoms with van der Waals surface area (Å²) in [7, 11) is 3.27. The number of nitrogens with one attached hydrogen (secondary N) is 1. The fraction of sp³-hybridized carbons (Fsp3) is 0.417. The van der Waals surface area contributed by atoms with Crippen LogP contribution in [-0.2, 0) is 16.0 Å². The molecule has 1 aliphatic rings. The predicted octanol–water partition coefficient (Wildman–Crippen LogP) is 3.36. The van der Waals surface area contributed by atoms with Crippen molar-refractivity contribution >= 4 is 11.8 Å². The minimum atomic E-state index is -0.305. The second-order valence-corrected chi connectivity index (χ2v) is 7.58. The smallest absolute Gasteiger partial charge is 0.225 e. The van der Waals surface area contributed by atoms with Crippen LogP contribution in [0.2, 0.25) is 0 Å². The number of amides is 2. The van der Waals surface area contributed by atoms with Crippen molar-refractivity contribution in [2.45, 2.75) is 32.2 Å². The van der Waals surface area contributed by atoms with E-state index in [0.29, 0.717) is 13.1 Å². The molecule has 6 heteroatoms. The first-order valence-corrected chi connectivity index (χ1v) is 10.4. The maximum atomic E-state index is 12.8. The maximum Gasteiger partial charge on any atom is 0.225 e. The largest absolute Gasteiger partial charge is 0.497 e. The van der Waals surface area contributed by atoms with E-state index in [1.54, 1.807) is 19.1 Å². The van der Waals surface area contributed by atoms with Gasteiger partial charge in [0.25, 0.3) is 0 Å². The third kappa shape index (κ3) is 5.32. The Balaban J connectivity index is 1.54. The van der Waals surface area contributed by atoms with Gasteiger partial charge in [0.2, 0.25) is 11.8 Å². The Morgan fingerprint density at radius 1 is 1.07 bits per heavy atom. The average molecular weight is 411 g/mol. The zero-order valence-corrected chi connectivity index (χ0v) is 17.9. The quantitative estimate of drug-likeness (QED) is 0.688. The first kappa shape index (κ1) is 21.7. The normalized spacial score (nSPS) is 17.0. The van der Waals surface area contributed by atoms with E-state index in [0.717, 1.165) is 35.5 Å². The number of ether oxygens (including phenoxy) is 2. The van der Waals surface area contributed by atoms with Crippen molar-refractivity contribution in [3.63, 3.8) is 0 Å². The molecule has 1 fully saturated rings. The molecule has 2 atom stereocenters. The van der Waals surface area contributed by atoms with Crippen LogP contribution >= 0.6 is 0 Å². The van der Waals surface area contributed by atoms with Gasteiger partial charge < -0.3 is 19.7 Å². The summed E-state index contributed by atoms with van der Waals surface area (Å²) in [4.78, 5) is 27.0. The summed E-state index contributed by atoms with van der Waals surface area (Å²) < 4.78 is 10.4. The molecule has 1 aliphatic heterocycles. The molecule has 1 saturated heterocycles. The first-order valence-electron chi connectivity index (χ1n) is 10.4. The van der Waals surface area contributed by atoms with Crippen molar-refractivity contribution in [2.24, 2.45) is 5.92 Å². The Kier molecular flexibility index (Phi) is 7.33. The van der Waals surface area contributed by atoms with Gasteiger partial charge in [-0.15, -0.1) is 0 Å². The van der Waals surface area contributed by atoms with E-state index >= 15 is 0 Å². The monoisotopic (exact) mass is 410 g/mol. The Morgan fingerprint density at radius 3 is 2.23 bits per heavy atom. The van der Waals surface area contributed by atoms with E-state index in [9.17, 15) is 9.59 Å². The molecule has 30 heavy (non-hydrogen) atoms. The lowest BCUT2D eigenvalue weighted by atomic mass is 10.0. The lowest BCUT2D eigenvalue weighted by molar-refractivity contribution is -0.129. The van der Waals surface area contributed by atoms with Gasteiger partial charge in [-0.25, -0.2) is 0 Å². The second kappa shape index (κ2) is 10.1. The van der Waals surface area contributed by atoms with Crippen molar-refractivity contribution in [1.82, 2.24) is 10.2 Å². The number of hydrogen-bond donors (Lipinski definition) is 1. The molecule has 1 heterocycles. The third-order valence-corrected chi connectivity index (χ3v) is 5.66. The number of rotatable bonds is 9. The summed E-state index contributed by atoms with van der Waals surface area (Å²) in [6.07, 6.45) is 1.81. The highest BCUT2D eigenvalue weighted by Gasteiger charge is 2.34. The molecule has 0 saturated carbocycles. The summed E-state index contributed by atoms with van der Waals surface area (Å²) in [5.74, 6) is 1.28. The molecule has 2 unspecified atom stereocenters. The van der Waals surface area contributed by atoms with Gasteiger partial charge in [-0.1, -0.05) is 31.2 Å². The molecule has 1 N–H and O–H groups in total. The number of hydrogen-bond acceptors (Lipinski definition) is 4. The van der Waals surface area contributed by atoms with Crippen molar-refractivity contribution < 1.29 is 19.1 Å². The standard InChI is InChI=1S/C24H30N2O4/c1-4-22(18-7-11-21(30-3)12-8-18)25-24(28)19-15-23(27)26(16-19)14-13-17-5-9-20(29-2)10-6-17/h5-12,19,22H,4,13-16H2,1-3H3,(H,25,28). The van der Waals surface area contributed by atoms with Crippen molar-refractivity contribution in [1.29, 1.82) is 0 Å². The Labute approximate surface area is 178 Å². The fourth-order valence-electron chi connectivity index (χ4n) is 3.77. The van der Waals surface area contributed by atoms with Crippen LogP contribution in [-0.4, -0.2) is 44.0 Å².